The van der Waals surface area contributed by atoms with Gasteiger partial charge in [-0.1, -0.05) is 58.4 Å². The first-order valence-corrected chi connectivity index (χ1v) is 13.0. The number of hydrogen-bond acceptors (Lipinski definition) is 7. The Labute approximate surface area is 221 Å². The second kappa shape index (κ2) is 14.2. The molecule has 1 unspecified atom stereocenters. The van der Waals surface area contributed by atoms with Crippen molar-refractivity contribution in [2.45, 2.75) is 66.1 Å². The van der Waals surface area contributed by atoms with Gasteiger partial charge in [0, 0.05) is 38.2 Å². The third-order valence-electron chi connectivity index (χ3n) is 7.30. The average Bonchev–Trinajstić information content (AvgIpc) is 2.90. The molecule has 1 heterocycles. The highest BCUT2D eigenvalue weighted by atomic mass is 16.5. The average molecular weight is 517 g/mol. The van der Waals surface area contributed by atoms with Crippen LogP contribution >= 0.6 is 0 Å². The summed E-state index contributed by atoms with van der Waals surface area (Å²) >= 11 is 0. The third-order valence-corrected chi connectivity index (χ3v) is 7.30. The summed E-state index contributed by atoms with van der Waals surface area (Å²) in [6.07, 6.45) is 10.5. The van der Waals surface area contributed by atoms with E-state index in [-0.39, 0.29) is 51.9 Å². The van der Waals surface area contributed by atoms with E-state index in [1.807, 2.05) is 6.08 Å². The van der Waals surface area contributed by atoms with Crippen LogP contribution in [0.25, 0.3) is 11.0 Å². The number of rotatable bonds is 14. The zero-order chi connectivity index (χ0) is 27.7. The van der Waals surface area contributed by atoms with Crippen molar-refractivity contribution in [2.75, 3.05) is 28.4 Å². The number of methoxy groups -OCH3 is 4. The molecule has 0 aliphatic rings. The summed E-state index contributed by atoms with van der Waals surface area (Å²) in [6.45, 7) is 10.4. The molecule has 0 saturated carbocycles. The van der Waals surface area contributed by atoms with Crippen molar-refractivity contribution in [2.24, 2.45) is 17.8 Å². The number of ether oxygens (including phenoxy) is 4. The maximum atomic E-state index is 13.2. The highest BCUT2D eigenvalue weighted by Crippen LogP contribution is 2.40. The molecule has 7 heteroatoms. The van der Waals surface area contributed by atoms with E-state index in [0.29, 0.717) is 35.8 Å². The standard InChI is InChI=1S/C30H44O7/c1-10-18(2)13-11-12-14-22(33-6)21(5)29(36-9)19(3)15-16-23-20(4)27(31)26-24(34-7)17-25(35-8)28(32)30(26)37-23/h11-14,17-19,21-22,29,32H,10,15-16H2,1-9H3/b13-11+,14-12+/t18-,19-,21+,22?,29+/m0/s1. The summed E-state index contributed by atoms with van der Waals surface area (Å²) < 4.78 is 28.4. The Morgan fingerprint density at radius 2 is 1.65 bits per heavy atom. The molecule has 0 saturated heterocycles. The van der Waals surface area contributed by atoms with Crippen LogP contribution in [-0.2, 0) is 15.9 Å². The predicted molar refractivity (Wildman–Crippen MR) is 148 cm³/mol. The molecule has 7 nitrogen and oxygen atoms in total. The number of aromatic hydroxyl groups is 1. The predicted octanol–water partition coefficient (Wildman–Crippen LogP) is 6.22. The Morgan fingerprint density at radius 3 is 2.22 bits per heavy atom. The number of fused-ring (bicyclic) bond motifs is 1. The van der Waals surface area contributed by atoms with E-state index in [1.54, 1.807) is 21.1 Å². The van der Waals surface area contributed by atoms with E-state index in [4.69, 9.17) is 23.4 Å². The van der Waals surface area contributed by atoms with Crippen LogP contribution in [0.3, 0.4) is 0 Å². The maximum absolute atomic E-state index is 13.2. The highest BCUT2D eigenvalue weighted by Gasteiger charge is 2.29. The Kier molecular flexibility index (Phi) is 11.7. The first kappa shape index (κ1) is 30.5. The van der Waals surface area contributed by atoms with Gasteiger partial charge in [0.1, 0.15) is 16.9 Å². The number of hydrogen-bond donors (Lipinski definition) is 1. The van der Waals surface area contributed by atoms with Crippen molar-refractivity contribution in [1.82, 2.24) is 0 Å². The molecule has 1 N–H and O–H groups in total. The molecule has 0 spiro atoms. The fourth-order valence-electron chi connectivity index (χ4n) is 4.69. The van der Waals surface area contributed by atoms with Gasteiger partial charge in [-0.25, -0.2) is 0 Å². The van der Waals surface area contributed by atoms with E-state index in [2.05, 4.69) is 45.9 Å². The van der Waals surface area contributed by atoms with E-state index in [0.717, 1.165) is 6.42 Å². The summed E-state index contributed by atoms with van der Waals surface area (Å²) in [6, 6.07) is 1.49. The molecule has 0 bridgehead atoms. The normalized spacial score (nSPS) is 16.2. The van der Waals surface area contributed by atoms with Crippen LogP contribution in [0, 0.1) is 24.7 Å². The SMILES string of the molecule is CC[C@H](C)/C=C/C=C/C(OC)[C@@H](C)[C@H](OC)[C@@H](C)CCc1oc2c(O)c(OC)cc(OC)c2c(=O)c1C. The molecule has 0 amide bonds. The topological polar surface area (TPSA) is 87.4 Å². The van der Waals surface area contributed by atoms with Gasteiger partial charge in [0.25, 0.3) is 0 Å². The second-order valence-electron chi connectivity index (χ2n) is 9.74. The fraction of sp³-hybridized carbons (Fsp3) is 0.567. The summed E-state index contributed by atoms with van der Waals surface area (Å²) in [7, 11) is 6.33. The molecule has 2 aromatic rings. The Hall–Kier alpha value is -2.77. The van der Waals surface area contributed by atoms with Gasteiger partial charge in [-0.05, 0) is 25.2 Å². The molecule has 0 fully saturated rings. The van der Waals surface area contributed by atoms with E-state index in [9.17, 15) is 9.90 Å². The Bertz CT molecular complexity index is 1130. The minimum atomic E-state index is -0.231. The Balaban J connectivity index is 2.26. The molecular formula is C30H44O7. The van der Waals surface area contributed by atoms with Crippen LogP contribution in [0.2, 0.25) is 0 Å². The minimum absolute atomic E-state index is 0.0705. The minimum Gasteiger partial charge on any atom is -0.502 e. The monoisotopic (exact) mass is 516 g/mol. The van der Waals surface area contributed by atoms with Crippen molar-refractivity contribution >= 4 is 11.0 Å². The lowest BCUT2D eigenvalue weighted by atomic mass is 9.85. The maximum Gasteiger partial charge on any atom is 0.202 e. The molecule has 0 radical (unpaired) electrons. The number of phenolic OH excluding ortho intramolecular Hbond substituents is 1. The number of aryl methyl sites for hydroxylation is 1. The lowest BCUT2D eigenvalue weighted by molar-refractivity contribution is -0.0343. The first-order chi connectivity index (χ1) is 17.6. The Morgan fingerprint density at radius 1 is 1.00 bits per heavy atom. The summed E-state index contributed by atoms with van der Waals surface area (Å²) in [4.78, 5) is 13.2. The smallest absolute Gasteiger partial charge is 0.202 e. The van der Waals surface area contributed by atoms with Gasteiger partial charge < -0.3 is 28.5 Å². The zero-order valence-electron chi connectivity index (χ0n) is 23.8. The quantitative estimate of drug-likeness (QED) is 0.298. The molecule has 1 aromatic heterocycles. The largest absolute Gasteiger partial charge is 0.502 e. The second-order valence-corrected chi connectivity index (χ2v) is 9.74. The van der Waals surface area contributed by atoms with Crippen molar-refractivity contribution in [3.63, 3.8) is 0 Å². The van der Waals surface area contributed by atoms with Crippen LogP contribution in [0.15, 0.2) is 39.6 Å². The number of benzene rings is 1. The molecule has 0 aliphatic carbocycles. The molecule has 5 atom stereocenters. The van der Waals surface area contributed by atoms with Gasteiger partial charge in [0.15, 0.2) is 16.8 Å². The molecule has 206 valence electrons. The highest BCUT2D eigenvalue weighted by molar-refractivity contribution is 5.91. The fourth-order valence-corrected chi connectivity index (χ4v) is 4.69. The van der Waals surface area contributed by atoms with Crippen LogP contribution in [0.5, 0.6) is 17.2 Å². The van der Waals surface area contributed by atoms with E-state index in [1.165, 1.54) is 20.3 Å². The van der Waals surface area contributed by atoms with Crippen LogP contribution in [0.1, 0.15) is 51.9 Å². The molecule has 2 rings (SSSR count). The first-order valence-electron chi connectivity index (χ1n) is 13.0. The molecule has 1 aromatic carbocycles. The van der Waals surface area contributed by atoms with Gasteiger partial charge in [0.05, 0.1) is 26.4 Å². The van der Waals surface area contributed by atoms with Gasteiger partial charge in [-0.15, -0.1) is 0 Å². The third kappa shape index (κ3) is 7.17. The molecule has 37 heavy (non-hydrogen) atoms. The van der Waals surface area contributed by atoms with Crippen LogP contribution < -0.4 is 14.9 Å². The van der Waals surface area contributed by atoms with Gasteiger partial charge in [-0.2, -0.15) is 0 Å². The van der Waals surface area contributed by atoms with Crippen molar-refractivity contribution in [1.29, 1.82) is 0 Å². The van der Waals surface area contributed by atoms with E-state index < -0.39 is 0 Å². The summed E-state index contributed by atoms with van der Waals surface area (Å²) in [5.74, 6) is 1.57. The van der Waals surface area contributed by atoms with E-state index >= 15 is 0 Å². The lowest BCUT2D eigenvalue weighted by Crippen LogP contribution is -2.36. The number of phenols is 1. The van der Waals surface area contributed by atoms with Crippen molar-refractivity contribution in [3.05, 3.63) is 51.9 Å². The molecule has 0 aliphatic heterocycles. The zero-order valence-corrected chi connectivity index (χ0v) is 23.8. The number of allylic oxidation sites excluding steroid dienone is 3. The van der Waals surface area contributed by atoms with Crippen LogP contribution in [0.4, 0.5) is 0 Å². The lowest BCUT2D eigenvalue weighted by Gasteiger charge is -2.32. The summed E-state index contributed by atoms with van der Waals surface area (Å²) in [5, 5.41) is 10.9. The van der Waals surface area contributed by atoms with Crippen LogP contribution in [-0.4, -0.2) is 45.8 Å². The van der Waals surface area contributed by atoms with Gasteiger partial charge in [-0.3, -0.25) is 4.79 Å². The van der Waals surface area contributed by atoms with Gasteiger partial charge in [0.2, 0.25) is 5.75 Å². The molecular weight excluding hydrogens is 472 g/mol. The summed E-state index contributed by atoms with van der Waals surface area (Å²) in [5.41, 5.74) is 0.335. The van der Waals surface area contributed by atoms with Gasteiger partial charge >= 0.3 is 0 Å². The van der Waals surface area contributed by atoms with Crippen molar-refractivity contribution in [3.8, 4) is 17.2 Å². The van der Waals surface area contributed by atoms with Crippen molar-refractivity contribution < 1.29 is 28.5 Å².